The average Bonchev–Trinajstić information content (AvgIpc) is 3.11. The molecular formula is C21H21N5O2S. The number of hydrogen-bond donors (Lipinski definition) is 2. The van der Waals surface area contributed by atoms with Crippen LogP contribution in [0.1, 0.15) is 6.92 Å². The van der Waals surface area contributed by atoms with E-state index in [9.17, 15) is 9.59 Å². The van der Waals surface area contributed by atoms with Crippen LogP contribution >= 0.6 is 11.8 Å². The monoisotopic (exact) mass is 407 g/mol. The summed E-state index contributed by atoms with van der Waals surface area (Å²) in [6.45, 7) is 5.79. The van der Waals surface area contributed by atoms with Crippen LogP contribution in [0.3, 0.4) is 0 Å². The van der Waals surface area contributed by atoms with Gasteiger partial charge in [0.05, 0.1) is 5.75 Å². The van der Waals surface area contributed by atoms with E-state index >= 15 is 0 Å². The molecule has 0 unspecified atom stereocenters. The zero-order chi connectivity index (χ0) is 20.6. The fraction of sp³-hybridized carbons (Fsp3) is 0.143. The van der Waals surface area contributed by atoms with E-state index in [0.717, 1.165) is 11.4 Å². The molecule has 2 N–H and O–H groups in total. The zero-order valence-electron chi connectivity index (χ0n) is 16.0. The second kappa shape index (κ2) is 9.70. The number of nitrogens with zero attached hydrogens (tertiary/aromatic N) is 3. The first-order valence-electron chi connectivity index (χ1n) is 8.96. The van der Waals surface area contributed by atoms with Crippen molar-refractivity contribution >= 4 is 35.0 Å². The Hall–Kier alpha value is -3.39. The first-order chi connectivity index (χ1) is 14.1. The molecule has 7 nitrogen and oxygen atoms in total. The van der Waals surface area contributed by atoms with E-state index in [1.807, 2.05) is 34.9 Å². The number of rotatable bonds is 8. The highest BCUT2D eigenvalue weighted by Crippen LogP contribution is 2.24. The average molecular weight is 407 g/mol. The minimum Gasteiger partial charge on any atom is -0.326 e. The van der Waals surface area contributed by atoms with Crippen LogP contribution in [0.4, 0.5) is 11.4 Å². The minimum atomic E-state index is -0.156. The molecule has 0 aliphatic heterocycles. The Bertz CT molecular complexity index is 1000. The molecule has 0 saturated heterocycles. The number of hydrogen-bond acceptors (Lipinski definition) is 5. The molecule has 1 aromatic heterocycles. The lowest BCUT2D eigenvalue weighted by Crippen LogP contribution is -2.15. The molecule has 0 aliphatic rings. The molecule has 0 fully saturated rings. The van der Waals surface area contributed by atoms with Gasteiger partial charge in [-0.25, -0.2) is 0 Å². The van der Waals surface area contributed by atoms with Crippen LogP contribution in [0.2, 0.25) is 0 Å². The Balaban J connectivity index is 1.63. The van der Waals surface area contributed by atoms with Gasteiger partial charge in [0.2, 0.25) is 11.8 Å². The number of anilines is 2. The summed E-state index contributed by atoms with van der Waals surface area (Å²) in [5, 5.41) is 14.7. The van der Waals surface area contributed by atoms with Crippen LogP contribution in [0.25, 0.3) is 11.4 Å². The summed E-state index contributed by atoms with van der Waals surface area (Å²) in [6, 6.07) is 16.7. The van der Waals surface area contributed by atoms with Crippen molar-refractivity contribution in [1.82, 2.24) is 14.8 Å². The van der Waals surface area contributed by atoms with Crippen LogP contribution < -0.4 is 10.6 Å². The maximum Gasteiger partial charge on any atom is 0.234 e. The Labute approximate surface area is 173 Å². The molecule has 3 aromatic rings. The number of allylic oxidation sites excluding steroid dienone is 1. The van der Waals surface area contributed by atoms with Gasteiger partial charge in [-0.05, 0) is 24.3 Å². The van der Waals surface area contributed by atoms with Crippen molar-refractivity contribution in [2.75, 3.05) is 16.4 Å². The number of carbonyl (C=O) groups is 2. The van der Waals surface area contributed by atoms with E-state index in [2.05, 4.69) is 27.4 Å². The normalized spacial score (nSPS) is 10.4. The van der Waals surface area contributed by atoms with E-state index in [0.29, 0.717) is 23.1 Å². The maximum atomic E-state index is 12.3. The number of aromatic nitrogens is 3. The first kappa shape index (κ1) is 20.3. The third kappa shape index (κ3) is 5.55. The summed E-state index contributed by atoms with van der Waals surface area (Å²) in [5.41, 5.74) is 2.29. The fourth-order valence-electron chi connectivity index (χ4n) is 2.66. The van der Waals surface area contributed by atoms with Gasteiger partial charge in [-0.1, -0.05) is 48.2 Å². The summed E-state index contributed by atoms with van der Waals surface area (Å²) >= 11 is 1.31. The molecule has 2 aromatic carbocycles. The van der Waals surface area contributed by atoms with E-state index < -0.39 is 0 Å². The summed E-state index contributed by atoms with van der Waals surface area (Å²) in [4.78, 5) is 23.4. The van der Waals surface area contributed by atoms with Crippen molar-refractivity contribution in [2.24, 2.45) is 0 Å². The number of benzene rings is 2. The lowest BCUT2D eigenvalue weighted by molar-refractivity contribution is -0.114. The van der Waals surface area contributed by atoms with Gasteiger partial charge in [0.15, 0.2) is 11.0 Å². The summed E-state index contributed by atoms with van der Waals surface area (Å²) < 4.78 is 1.93. The summed E-state index contributed by atoms with van der Waals surface area (Å²) in [6.07, 6.45) is 1.77. The minimum absolute atomic E-state index is 0.142. The largest absolute Gasteiger partial charge is 0.326 e. The molecule has 0 spiro atoms. The van der Waals surface area contributed by atoms with Gasteiger partial charge in [-0.2, -0.15) is 0 Å². The number of thioether (sulfide) groups is 1. The summed E-state index contributed by atoms with van der Waals surface area (Å²) in [5.74, 6) is 0.632. The highest BCUT2D eigenvalue weighted by atomic mass is 32.2. The molecule has 2 amide bonds. The number of carbonyl (C=O) groups excluding carboxylic acids is 2. The Kier molecular flexibility index (Phi) is 6.80. The third-order valence-electron chi connectivity index (χ3n) is 3.88. The number of nitrogens with one attached hydrogen (secondary N) is 2. The molecule has 3 rings (SSSR count). The molecule has 0 saturated carbocycles. The van der Waals surface area contributed by atoms with Crippen molar-refractivity contribution in [1.29, 1.82) is 0 Å². The molecule has 0 atom stereocenters. The molecule has 148 valence electrons. The van der Waals surface area contributed by atoms with Crippen LogP contribution in [0, 0.1) is 0 Å². The molecule has 0 aliphatic carbocycles. The molecule has 29 heavy (non-hydrogen) atoms. The molecule has 0 radical (unpaired) electrons. The van der Waals surface area contributed by atoms with Gasteiger partial charge in [0, 0.05) is 30.4 Å². The van der Waals surface area contributed by atoms with Crippen LogP contribution in [0.15, 0.2) is 72.4 Å². The summed E-state index contributed by atoms with van der Waals surface area (Å²) in [7, 11) is 0. The molecule has 0 bridgehead atoms. The van der Waals surface area contributed by atoms with Gasteiger partial charge in [0.1, 0.15) is 0 Å². The lowest BCUT2D eigenvalue weighted by atomic mass is 10.2. The first-order valence-corrected chi connectivity index (χ1v) is 9.95. The molecule has 1 heterocycles. The maximum absolute atomic E-state index is 12.3. The van der Waals surface area contributed by atoms with Crippen molar-refractivity contribution in [3.8, 4) is 11.4 Å². The van der Waals surface area contributed by atoms with Gasteiger partial charge < -0.3 is 10.6 Å². The predicted octanol–water partition coefficient (Wildman–Crippen LogP) is 3.82. The van der Waals surface area contributed by atoms with Crippen LogP contribution in [0.5, 0.6) is 0 Å². The van der Waals surface area contributed by atoms with Gasteiger partial charge in [-0.15, -0.1) is 16.8 Å². The topological polar surface area (TPSA) is 88.9 Å². The van der Waals surface area contributed by atoms with Crippen molar-refractivity contribution in [3.63, 3.8) is 0 Å². The van der Waals surface area contributed by atoms with Gasteiger partial charge >= 0.3 is 0 Å². The van der Waals surface area contributed by atoms with Gasteiger partial charge in [0.25, 0.3) is 0 Å². The second-order valence-electron chi connectivity index (χ2n) is 6.17. The van der Waals surface area contributed by atoms with Crippen molar-refractivity contribution < 1.29 is 9.59 Å². The van der Waals surface area contributed by atoms with E-state index in [-0.39, 0.29) is 17.6 Å². The highest BCUT2D eigenvalue weighted by molar-refractivity contribution is 7.99. The highest BCUT2D eigenvalue weighted by Gasteiger charge is 2.14. The molecule has 8 heteroatoms. The van der Waals surface area contributed by atoms with E-state index in [1.165, 1.54) is 18.7 Å². The lowest BCUT2D eigenvalue weighted by Gasteiger charge is -2.09. The smallest absolute Gasteiger partial charge is 0.234 e. The SMILES string of the molecule is C=CCn1c(SCC(=O)Nc2ccc(NC(C)=O)cc2)nnc1-c1ccccc1. The number of amides is 2. The van der Waals surface area contributed by atoms with Crippen LogP contribution in [-0.2, 0) is 16.1 Å². The quantitative estimate of drug-likeness (QED) is 0.438. The zero-order valence-corrected chi connectivity index (χ0v) is 16.8. The standard InChI is InChI=1S/C21H21N5O2S/c1-3-13-26-20(16-7-5-4-6-8-16)24-25-21(26)29-14-19(28)23-18-11-9-17(10-12-18)22-15(2)27/h3-12H,1,13-14H2,2H3,(H,22,27)(H,23,28). The third-order valence-corrected chi connectivity index (χ3v) is 4.85. The molecular weight excluding hydrogens is 386 g/mol. The van der Waals surface area contributed by atoms with Crippen molar-refractivity contribution in [3.05, 3.63) is 67.3 Å². The Morgan fingerprint density at radius 2 is 1.69 bits per heavy atom. The Morgan fingerprint density at radius 3 is 2.31 bits per heavy atom. The van der Waals surface area contributed by atoms with E-state index in [4.69, 9.17) is 0 Å². The van der Waals surface area contributed by atoms with Gasteiger partial charge in [-0.3, -0.25) is 14.2 Å². The fourth-order valence-corrected chi connectivity index (χ4v) is 3.41. The second-order valence-corrected chi connectivity index (χ2v) is 7.11. The van der Waals surface area contributed by atoms with E-state index in [1.54, 1.807) is 30.3 Å². The predicted molar refractivity (Wildman–Crippen MR) is 116 cm³/mol. The van der Waals surface area contributed by atoms with Crippen molar-refractivity contribution in [2.45, 2.75) is 18.6 Å². The van der Waals surface area contributed by atoms with Crippen LogP contribution in [-0.4, -0.2) is 32.3 Å². The Morgan fingerprint density at radius 1 is 1.03 bits per heavy atom.